The molecule has 0 unspecified atom stereocenters. The molecule has 0 aliphatic rings. The number of nitrogens with one attached hydrogen (secondary N) is 2. The van der Waals surface area contributed by atoms with E-state index in [4.69, 9.17) is 0 Å². The molecule has 28 heavy (non-hydrogen) atoms. The second-order valence-corrected chi connectivity index (χ2v) is 7.58. The highest BCUT2D eigenvalue weighted by molar-refractivity contribution is 7.13. The molecule has 0 aliphatic heterocycles. The van der Waals surface area contributed by atoms with E-state index >= 15 is 0 Å². The van der Waals surface area contributed by atoms with Gasteiger partial charge in [-0.1, -0.05) is 36.4 Å². The Bertz CT molecular complexity index is 1150. The van der Waals surface area contributed by atoms with Gasteiger partial charge in [0.25, 0.3) is 5.56 Å². The Morgan fingerprint density at radius 1 is 1.21 bits per heavy atom. The first-order chi connectivity index (χ1) is 13.6. The number of nitrogens with zero attached hydrogens (tertiary/aromatic N) is 2. The topological polar surface area (TPSA) is 79.3 Å². The third-order valence-corrected chi connectivity index (χ3v) is 5.46. The van der Waals surface area contributed by atoms with Gasteiger partial charge in [-0.05, 0) is 30.4 Å². The van der Waals surface area contributed by atoms with Gasteiger partial charge in [-0.25, -0.2) is 9.50 Å². The SMILES string of the molecule is C[C@H](NC(=O)CCc1ccccc1)c1cc(=O)n2[nH]c(-c3cccs3)cc2n1. The summed E-state index contributed by atoms with van der Waals surface area (Å²) in [5.41, 5.74) is 2.85. The number of carbonyl (C=O) groups excluding carboxylic acids is 1. The van der Waals surface area contributed by atoms with Gasteiger partial charge >= 0.3 is 0 Å². The Hall–Kier alpha value is -3.19. The smallest absolute Gasteiger partial charge is 0.272 e. The van der Waals surface area contributed by atoms with Crippen LogP contribution >= 0.6 is 11.3 Å². The number of hydrogen-bond donors (Lipinski definition) is 2. The maximum Gasteiger partial charge on any atom is 0.272 e. The van der Waals surface area contributed by atoms with Gasteiger partial charge in [0.05, 0.1) is 22.3 Å². The summed E-state index contributed by atoms with van der Waals surface area (Å²) < 4.78 is 1.42. The first-order valence-electron chi connectivity index (χ1n) is 9.10. The maximum atomic E-state index is 12.5. The Morgan fingerprint density at radius 2 is 2.04 bits per heavy atom. The first kappa shape index (κ1) is 18.2. The number of benzene rings is 1. The van der Waals surface area contributed by atoms with Crippen LogP contribution < -0.4 is 10.9 Å². The number of H-pyrrole nitrogens is 1. The molecule has 0 radical (unpaired) electrons. The van der Waals surface area contributed by atoms with E-state index in [-0.39, 0.29) is 17.5 Å². The lowest BCUT2D eigenvalue weighted by Gasteiger charge is -2.13. The summed E-state index contributed by atoms with van der Waals surface area (Å²) in [6.45, 7) is 1.84. The van der Waals surface area contributed by atoms with E-state index in [2.05, 4.69) is 15.4 Å². The molecule has 6 nitrogen and oxygen atoms in total. The molecule has 2 N–H and O–H groups in total. The van der Waals surface area contributed by atoms with Crippen molar-refractivity contribution < 1.29 is 4.79 Å². The largest absolute Gasteiger partial charge is 0.348 e. The molecule has 1 atom stereocenters. The van der Waals surface area contributed by atoms with E-state index in [9.17, 15) is 9.59 Å². The molecule has 0 saturated carbocycles. The molecule has 1 aromatic carbocycles. The second-order valence-electron chi connectivity index (χ2n) is 6.63. The van der Waals surface area contributed by atoms with E-state index in [0.29, 0.717) is 24.2 Å². The number of thiophene rings is 1. The zero-order valence-corrected chi connectivity index (χ0v) is 16.2. The molecule has 1 amide bonds. The van der Waals surface area contributed by atoms with Crippen LogP contribution in [-0.4, -0.2) is 20.5 Å². The Morgan fingerprint density at radius 3 is 2.79 bits per heavy atom. The Balaban J connectivity index is 1.48. The molecule has 3 aromatic heterocycles. The van der Waals surface area contributed by atoms with Crippen LogP contribution in [0, 0.1) is 0 Å². The standard InChI is InChI=1S/C21H20N4O2S/c1-14(22-20(26)10-9-15-6-3-2-4-7-15)16-13-21(27)25-19(23-16)12-17(24-25)18-8-5-11-28-18/h2-8,11-14,24H,9-10H2,1H3,(H,22,26)/t14-/m0/s1. The van der Waals surface area contributed by atoms with Crippen LogP contribution in [0.3, 0.4) is 0 Å². The van der Waals surface area contributed by atoms with Crippen molar-refractivity contribution in [1.82, 2.24) is 19.9 Å². The molecule has 3 heterocycles. The summed E-state index contributed by atoms with van der Waals surface area (Å²) in [5.74, 6) is -0.0632. The van der Waals surface area contributed by atoms with Gasteiger partial charge in [0.15, 0.2) is 5.65 Å². The second kappa shape index (κ2) is 7.82. The van der Waals surface area contributed by atoms with E-state index in [1.165, 1.54) is 10.6 Å². The van der Waals surface area contributed by atoms with Gasteiger partial charge in [0.2, 0.25) is 5.91 Å². The molecular formula is C21H20N4O2S. The lowest BCUT2D eigenvalue weighted by atomic mass is 10.1. The van der Waals surface area contributed by atoms with Gasteiger partial charge in [-0.2, -0.15) is 0 Å². The summed E-state index contributed by atoms with van der Waals surface area (Å²) in [4.78, 5) is 30.3. The van der Waals surface area contributed by atoms with Crippen molar-refractivity contribution in [1.29, 1.82) is 0 Å². The normalized spacial score (nSPS) is 12.2. The van der Waals surface area contributed by atoms with Crippen molar-refractivity contribution in [2.75, 3.05) is 0 Å². The van der Waals surface area contributed by atoms with Crippen molar-refractivity contribution in [2.45, 2.75) is 25.8 Å². The minimum atomic E-state index is -0.346. The average molecular weight is 392 g/mol. The van der Waals surface area contributed by atoms with Gasteiger partial charge in [-0.3, -0.25) is 14.7 Å². The first-order valence-corrected chi connectivity index (χ1v) is 9.98. The van der Waals surface area contributed by atoms with Crippen molar-refractivity contribution in [2.24, 2.45) is 0 Å². The fourth-order valence-electron chi connectivity index (χ4n) is 3.08. The number of aryl methyl sites for hydroxylation is 1. The zero-order valence-electron chi connectivity index (χ0n) is 15.4. The van der Waals surface area contributed by atoms with E-state index in [1.807, 2.05) is 60.8 Å². The van der Waals surface area contributed by atoms with Crippen LogP contribution in [0.25, 0.3) is 16.2 Å². The predicted molar refractivity (Wildman–Crippen MR) is 110 cm³/mol. The van der Waals surface area contributed by atoms with Crippen LogP contribution in [0.4, 0.5) is 0 Å². The quantitative estimate of drug-likeness (QED) is 0.527. The summed E-state index contributed by atoms with van der Waals surface area (Å²) in [5, 5.41) is 7.99. The summed E-state index contributed by atoms with van der Waals surface area (Å²) in [6.07, 6.45) is 1.07. The molecule has 4 aromatic rings. The van der Waals surface area contributed by atoms with Crippen molar-refractivity contribution in [3.8, 4) is 10.6 Å². The molecule has 4 rings (SSSR count). The average Bonchev–Trinajstić information content (AvgIpc) is 3.36. The molecule has 0 fully saturated rings. The minimum absolute atomic E-state index is 0.0632. The van der Waals surface area contributed by atoms with Crippen LogP contribution in [0.5, 0.6) is 0 Å². The highest BCUT2D eigenvalue weighted by atomic mass is 32.1. The van der Waals surface area contributed by atoms with Gasteiger partial charge in [0.1, 0.15) is 0 Å². The number of hydrogen-bond acceptors (Lipinski definition) is 4. The van der Waals surface area contributed by atoms with Crippen LogP contribution in [0.1, 0.15) is 30.6 Å². The number of amides is 1. The number of rotatable bonds is 6. The fourth-order valence-corrected chi connectivity index (χ4v) is 3.77. The van der Waals surface area contributed by atoms with E-state index < -0.39 is 0 Å². The highest BCUT2D eigenvalue weighted by Gasteiger charge is 2.15. The number of fused-ring (bicyclic) bond motifs is 1. The minimum Gasteiger partial charge on any atom is -0.348 e. The molecule has 0 spiro atoms. The van der Waals surface area contributed by atoms with E-state index in [0.717, 1.165) is 16.1 Å². The molecule has 0 saturated heterocycles. The van der Waals surface area contributed by atoms with Crippen LogP contribution in [0.2, 0.25) is 0 Å². The molecule has 142 valence electrons. The lowest BCUT2D eigenvalue weighted by Crippen LogP contribution is -2.29. The number of aromatic nitrogens is 3. The summed E-state index contributed by atoms with van der Waals surface area (Å²) in [7, 11) is 0. The molecule has 0 aliphatic carbocycles. The van der Waals surface area contributed by atoms with Crippen molar-refractivity contribution in [3.63, 3.8) is 0 Å². The van der Waals surface area contributed by atoms with Gasteiger partial charge < -0.3 is 5.32 Å². The fraction of sp³-hybridized carbons (Fsp3) is 0.190. The van der Waals surface area contributed by atoms with Crippen LogP contribution in [0.15, 0.2) is 64.8 Å². The molecular weight excluding hydrogens is 372 g/mol. The number of aromatic amines is 1. The van der Waals surface area contributed by atoms with Crippen molar-refractivity contribution in [3.05, 3.63) is 81.6 Å². The summed E-state index contributed by atoms with van der Waals surface area (Å²) in [6, 6.07) is 16.8. The third kappa shape index (κ3) is 3.89. The van der Waals surface area contributed by atoms with Crippen LogP contribution in [-0.2, 0) is 11.2 Å². The molecule has 0 bridgehead atoms. The van der Waals surface area contributed by atoms with E-state index in [1.54, 1.807) is 11.3 Å². The van der Waals surface area contributed by atoms with Gasteiger partial charge in [-0.15, -0.1) is 11.3 Å². The van der Waals surface area contributed by atoms with Gasteiger partial charge in [0, 0.05) is 18.6 Å². The Labute approximate surface area is 165 Å². The lowest BCUT2D eigenvalue weighted by molar-refractivity contribution is -0.121. The highest BCUT2D eigenvalue weighted by Crippen LogP contribution is 2.23. The monoisotopic (exact) mass is 392 g/mol. The summed E-state index contributed by atoms with van der Waals surface area (Å²) >= 11 is 1.59. The zero-order chi connectivity index (χ0) is 19.5. The third-order valence-electron chi connectivity index (χ3n) is 4.56. The maximum absolute atomic E-state index is 12.5. The molecule has 7 heteroatoms. The van der Waals surface area contributed by atoms with Crippen molar-refractivity contribution >= 4 is 22.9 Å². The predicted octanol–water partition coefficient (Wildman–Crippen LogP) is 3.56. The Kier molecular flexibility index (Phi) is 5.08. The number of carbonyl (C=O) groups is 1.